The molecule has 7 heteroatoms. The van der Waals surface area contributed by atoms with Gasteiger partial charge in [-0.05, 0) is 55.3 Å². The average Bonchev–Trinajstić information content (AvgIpc) is 3.15. The van der Waals surface area contributed by atoms with Gasteiger partial charge in [0.25, 0.3) is 11.8 Å². The maximum absolute atomic E-state index is 12.7. The molecular formula is C23H24N2O4S. The minimum absolute atomic E-state index is 0.0689. The quantitative estimate of drug-likeness (QED) is 0.558. The van der Waals surface area contributed by atoms with Gasteiger partial charge in [-0.2, -0.15) is 0 Å². The van der Waals surface area contributed by atoms with Crippen molar-refractivity contribution in [3.05, 3.63) is 64.4 Å². The van der Waals surface area contributed by atoms with E-state index in [-0.39, 0.29) is 18.4 Å². The van der Waals surface area contributed by atoms with E-state index in [4.69, 9.17) is 9.47 Å². The van der Waals surface area contributed by atoms with Gasteiger partial charge in [-0.3, -0.25) is 9.59 Å². The number of hydrogen-bond acceptors (Lipinski definition) is 5. The Kier molecular flexibility index (Phi) is 7.08. The average molecular weight is 425 g/mol. The number of carbonyl (C=O) groups is 2. The third-order valence-corrected chi connectivity index (χ3v) is 5.43. The van der Waals surface area contributed by atoms with Crippen LogP contribution in [0.5, 0.6) is 11.5 Å². The number of benzene rings is 2. The number of anilines is 1. The third kappa shape index (κ3) is 5.39. The number of rotatable bonds is 8. The highest BCUT2D eigenvalue weighted by Gasteiger charge is 2.14. The fourth-order valence-corrected chi connectivity index (χ4v) is 3.84. The van der Waals surface area contributed by atoms with Crippen LogP contribution in [0.1, 0.15) is 21.5 Å². The molecule has 156 valence electrons. The fraction of sp³-hybridized carbons (Fsp3) is 0.217. The number of carbonyl (C=O) groups excluding carboxylic acids is 2. The van der Waals surface area contributed by atoms with Gasteiger partial charge < -0.3 is 20.1 Å². The summed E-state index contributed by atoms with van der Waals surface area (Å²) in [6, 6.07) is 16.6. The van der Waals surface area contributed by atoms with Gasteiger partial charge in [-0.25, -0.2) is 0 Å². The molecule has 0 atom stereocenters. The topological polar surface area (TPSA) is 76.7 Å². The Labute approximate surface area is 179 Å². The van der Waals surface area contributed by atoms with Gasteiger partial charge in [-0.15, -0.1) is 11.3 Å². The SMILES string of the molecule is CCNC(=O)COc1cccc(NC(=O)c2cc(-c3ccc(OC)cc3)c(C)s2)c1. The van der Waals surface area contributed by atoms with Gasteiger partial charge in [0.15, 0.2) is 6.61 Å². The van der Waals surface area contributed by atoms with Crippen molar-refractivity contribution in [1.29, 1.82) is 0 Å². The molecule has 6 nitrogen and oxygen atoms in total. The largest absolute Gasteiger partial charge is 0.497 e. The van der Waals surface area contributed by atoms with Gasteiger partial charge in [0.2, 0.25) is 0 Å². The number of nitrogens with one attached hydrogen (secondary N) is 2. The summed E-state index contributed by atoms with van der Waals surface area (Å²) in [7, 11) is 1.63. The van der Waals surface area contributed by atoms with Crippen LogP contribution in [0.4, 0.5) is 5.69 Å². The molecule has 30 heavy (non-hydrogen) atoms. The molecule has 0 aliphatic rings. The maximum Gasteiger partial charge on any atom is 0.265 e. The zero-order valence-corrected chi connectivity index (χ0v) is 18.0. The summed E-state index contributed by atoms with van der Waals surface area (Å²) in [5, 5.41) is 5.56. The van der Waals surface area contributed by atoms with Crippen molar-refractivity contribution in [3.8, 4) is 22.6 Å². The van der Waals surface area contributed by atoms with Crippen LogP contribution in [0.2, 0.25) is 0 Å². The Bertz CT molecular complexity index is 1030. The number of methoxy groups -OCH3 is 1. The highest BCUT2D eigenvalue weighted by Crippen LogP contribution is 2.32. The molecule has 2 aromatic carbocycles. The van der Waals surface area contributed by atoms with Crippen molar-refractivity contribution in [2.45, 2.75) is 13.8 Å². The molecule has 3 rings (SSSR count). The number of aryl methyl sites for hydroxylation is 1. The third-order valence-electron chi connectivity index (χ3n) is 4.38. The normalized spacial score (nSPS) is 10.4. The van der Waals surface area contributed by atoms with Crippen molar-refractivity contribution in [2.75, 3.05) is 25.6 Å². The minimum Gasteiger partial charge on any atom is -0.497 e. The zero-order valence-electron chi connectivity index (χ0n) is 17.2. The summed E-state index contributed by atoms with van der Waals surface area (Å²) in [4.78, 5) is 26.0. The van der Waals surface area contributed by atoms with Crippen molar-refractivity contribution >= 4 is 28.8 Å². The van der Waals surface area contributed by atoms with Crippen LogP contribution < -0.4 is 20.1 Å². The lowest BCUT2D eigenvalue weighted by atomic mass is 10.1. The molecule has 1 heterocycles. The molecule has 1 aromatic heterocycles. The summed E-state index contributed by atoms with van der Waals surface area (Å²) in [5.41, 5.74) is 2.65. The van der Waals surface area contributed by atoms with Gasteiger partial charge in [0.05, 0.1) is 12.0 Å². The molecule has 0 saturated carbocycles. The van der Waals surface area contributed by atoms with Crippen molar-refractivity contribution in [1.82, 2.24) is 5.32 Å². The van der Waals surface area contributed by atoms with Crippen LogP contribution in [0, 0.1) is 6.92 Å². The summed E-state index contributed by atoms with van der Waals surface area (Å²) >= 11 is 1.44. The van der Waals surface area contributed by atoms with Crippen LogP contribution in [-0.4, -0.2) is 32.1 Å². The summed E-state index contributed by atoms with van der Waals surface area (Å²) in [6.45, 7) is 4.33. The predicted octanol–water partition coefficient (Wildman–Crippen LogP) is 4.50. The van der Waals surface area contributed by atoms with E-state index in [1.165, 1.54) is 11.3 Å². The molecule has 3 aromatic rings. The minimum atomic E-state index is -0.191. The lowest BCUT2D eigenvalue weighted by molar-refractivity contribution is -0.122. The molecule has 0 fully saturated rings. The number of hydrogen-bond donors (Lipinski definition) is 2. The lowest BCUT2D eigenvalue weighted by Gasteiger charge is -2.08. The molecule has 0 aliphatic heterocycles. The highest BCUT2D eigenvalue weighted by atomic mass is 32.1. The second-order valence-electron chi connectivity index (χ2n) is 6.53. The summed E-state index contributed by atoms with van der Waals surface area (Å²) in [5.74, 6) is 0.926. The van der Waals surface area contributed by atoms with Gasteiger partial charge in [-0.1, -0.05) is 18.2 Å². The first-order valence-corrected chi connectivity index (χ1v) is 10.4. The van der Waals surface area contributed by atoms with E-state index in [9.17, 15) is 9.59 Å². The Morgan fingerprint density at radius 2 is 1.80 bits per heavy atom. The van der Waals surface area contributed by atoms with Crippen LogP contribution in [0.3, 0.4) is 0 Å². The Morgan fingerprint density at radius 1 is 1.03 bits per heavy atom. The van der Waals surface area contributed by atoms with Crippen molar-refractivity contribution < 1.29 is 19.1 Å². The zero-order chi connectivity index (χ0) is 21.5. The van der Waals surface area contributed by atoms with E-state index in [1.807, 2.05) is 44.2 Å². The first-order valence-electron chi connectivity index (χ1n) is 9.56. The van der Waals surface area contributed by atoms with Crippen LogP contribution >= 0.6 is 11.3 Å². The lowest BCUT2D eigenvalue weighted by Crippen LogP contribution is -2.28. The number of amides is 2. The van der Waals surface area contributed by atoms with E-state index in [0.29, 0.717) is 22.9 Å². The smallest absolute Gasteiger partial charge is 0.265 e. The van der Waals surface area contributed by atoms with E-state index in [2.05, 4.69) is 10.6 Å². The van der Waals surface area contributed by atoms with Crippen LogP contribution in [0.15, 0.2) is 54.6 Å². The number of likely N-dealkylation sites (N-methyl/N-ethyl adjacent to an activating group) is 1. The van der Waals surface area contributed by atoms with E-state index < -0.39 is 0 Å². The number of ether oxygens (including phenoxy) is 2. The predicted molar refractivity (Wildman–Crippen MR) is 120 cm³/mol. The van der Waals surface area contributed by atoms with Gasteiger partial charge in [0.1, 0.15) is 11.5 Å². The Balaban J connectivity index is 1.69. The van der Waals surface area contributed by atoms with E-state index in [1.54, 1.807) is 31.4 Å². The molecule has 0 unspecified atom stereocenters. The summed E-state index contributed by atoms with van der Waals surface area (Å²) < 4.78 is 10.7. The second-order valence-corrected chi connectivity index (χ2v) is 7.79. The van der Waals surface area contributed by atoms with Gasteiger partial charge in [0, 0.05) is 23.2 Å². The standard InChI is InChI=1S/C23H24N2O4S/c1-4-24-22(26)14-29-19-7-5-6-17(12-19)25-23(27)21-13-20(15(2)30-21)16-8-10-18(28-3)11-9-16/h5-13H,4,14H2,1-3H3,(H,24,26)(H,25,27). The summed E-state index contributed by atoms with van der Waals surface area (Å²) in [6.07, 6.45) is 0. The monoisotopic (exact) mass is 424 g/mol. The first kappa shape index (κ1) is 21.4. The van der Waals surface area contributed by atoms with Crippen molar-refractivity contribution in [2.24, 2.45) is 0 Å². The fourth-order valence-electron chi connectivity index (χ4n) is 2.90. The molecular weight excluding hydrogens is 400 g/mol. The second kappa shape index (κ2) is 9.93. The van der Waals surface area contributed by atoms with Crippen molar-refractivity contribution in [3.63, 3.8) is 0 Å². The van der Waals surface area contributed by atoms with E-state index in [0.717, 1.165) is 21.8 Å². The van der Waals surface area contributed by atoms with Gasteiger partial charge >= 0.3 is 0 Å². The molecule has 0 bridgehead atoms. The van der Waals surface area contributed by atoms with Crippen LogP contribution in [-0.2, 0) is 4.79 Å². The molecule has 0 aliphatic carbocycles. The molecule has 0 radical (unpaired) electrons. The maximum atomic E-state index is 12.7. The highest BCUT2D eigenvalue weighted by molar-refractivity contribution is 7.14. The van der Waals surface area contributed by atoms with Crippen LogP contribution in [0.25, 0.3) is 11.1 Å². The molecule has 2 N–H and O–H groups in total. The van der Waals surface area contributed by atoms with E-state index >= 15 is 0 Å². The Hall–Kier alpha value is -3.32. The first-order chi connectivity index (χ1) is 14.5. The molecule has 2 amide bonds. The molecule has 0 saturated heterocycles. The molecule has 0 spiro atoms. The number of thiophene rings is 1. The Morgan fingerprint density at radius 3 is 2.50 bits per heavy atom.